The third-order valence-electron chi connectivity index (χ3n) is 2.46. The molecule has 0 amide bonds. The summed E-state index contributed by atoms with van der Waals surface area (Å²) in [6, 6.07) is 2.42. The molecule has 0 atom stereocenters. The Bertz CT molecular complexity index is 679. The quantitative estimate of drug-likeness (QED) is 0.621. The molecule has 0 aliphatic rings. The van der Waals surface area contributed by atoms with Gasteiger partial charge in [0, 0.05) is 11.1 Å². The summed E-state index contributed by atoms with van der Waals surface area (Å²) < 4.78 is 65.9. The summed E-state index contributed by atoms with van der Waals surface area (Å²) in [6.45, 7) is 4.54. The highest BCUT2D eigenvalue weighted by molar-refractivity contribution is 9.09. The average molecular weight is 402 g/mol. The van der Waals surface area contributed by atoms with Gasteiger partial charge in [-0.3, -0.25) is 4.79 Å². The van der Waals surface area contributed by atoms with E-state index in [1.165, 1.54) is 20.8 Å². The second-order valence-electron chi connectivity index (χ2n) is 5.62. The lowest BCUT2D eigenvalue weighted by Crippen LogP contribution is -2.41. The van der Waals surface area contributed by atoms with E-state index in [2.05, 4.69) is 20.7 Å². The summed E-state index contributed by atoms with van der Waals surface area (Å²) >= 11 is 2.86. The van der Waals surface area contributed by atoms with Crippen LogP contribution in [0.5, 0.6) is 0 Å². The van der Waals surface area contributed by atoms with Crippen molar-refractivity contribution in [3.05, 3.63) is 29.3 Å². The summed E-state index contributed by atoms with van der Waals surface area (Å²) in [5.41, 5.74) is -2.51. The van der Waals surface area contributed by atoms with E-state index in [4.69, 9.17) is 0 Å². The highest BCUT2D eigenvalue weighted by atomic mass is 79.9. The Morgan fingerprint density at radius 1 is 1.23 bits per heavy atom. The van der Waals surface area contributed by atoms with Crippen LogP contribution in [-0.4, -0.2) is 25.1 Å². The second-order valence-corrected chi connectivity index (χ2v) is 7.83. The molecule has 4 nitrogen and oxygen atoms in total. The van der Waals surface area contributed by atoms with E-state index in [0.29, 0.717) is 6.07 Å². The smallest absolute Gasteiger partial charge is 0.293 e. The predicted octanol–water partition coefficient (Wildman–Crippen LogP) is 3.36. The monoisotopic (exact) mass is 401 g/mol. The van der Waals surface area contributed by atoms with Gasteiger partial charge in [0.2, 0.25) is 10.0 Å². The summed E-state index contributed by atoms with van der Waals surface area (Å²) in [4.78, 5) is 10.6. The molecule has 0 fully saturated rings. The topological polar surface area (TPSA) is 63.2 Å². The standard InChI is InChI=1S/C13H15BrF3NO3S/c1-12(2,3)18-22(20,21)11-5-4-8(10(19)7-14)6-9(11)13(15,16)17/h4-6,18H,7H2,1-3H3. The molecule has 1 N–H and O–H groups in total. The number of benzene rings is 1. The summed E-state index contributed by atoms with van der Waals surface area (Å²) in [7, 11) is -4.37. The van der Waals surface area contributed by atoms with E-state index in [1.807, 2.05) is 0 Å². The molecule has 1 aromatic rings. The molecular formula is C13H15BrF3NO3S. The Kier molecular flexibility index (Phi) is 5.46. The van der Waals surface area contributed by atoms with Crippen molar-refractivity contribution in [2.45, 2.75) is 37.4 Å². The van der Waals surface area contributed by atoms with E-state index in [-0.39, 0.29) is 10.9 Å². The zero-order chi connectivity index (χ0) is 17.3. The minimum atomic E-state index is -4.90. The molecule has 9 heteroatoms. The first-order valence-electron chi connectivity index (χ1n) is 6.12. The van der Waals surface area contributed by atoms with Gasteiger partial charge in [-0.1, -0.05) is 22.0 Å². The molecule has 124 valence electrons. The van der Waals surface area contributed by atoms with Crippen molar-refractivity contribution in [1.29, 1.82) is 0 Å². The van der Waals surface area contributed by atoms with Crippen molar-refractivity contribution in [2.24, 2.45) is 0 Å². The van der Waals surface area contributed by atoms with Gasteiger partial charge in [-0.05, 0) is 32.9 Å². The molecule has 0 bridgehead atoms. The molecule has 0 aliphatic carbocycles. The third kappa shape index (κ3) is 4.79. The maximum absolute atomic E-state index is 13.1. The van der Waals surface area contributed by atoms with Gasteiger partial charge in [0.05, 0.1) is 15.8 Å². The number of hydrogen-bond donors (Lipinski definition) is 1. The third-order valence-corrected chi connectivity index (χ3v) is 4.78. The predicted molar refractivity (Wildman–Crippen MR) is 79.6 cm³/mol. The zero-order valence-corrected chi connectivity index (χ0v) is 14.5. The SMILES string of the molecule is CC(C)(C)NS(=O)(=O)c1ccc(C(=O)CBr)cc1C(F)(F)F. The van der Waals surface area contributed by atoms with Crippen LogP contribution in [0, 0.1) is 0 Å². The van der Waals surface area contributed by atoms with E-state index in [1.54, 1.807) is 0 Å². The van der Waals surface area contributed by atoms with Crippen molar-refractivity contribution >= 4 is 31.7 Å². The molecule has 0 saturated heterocycles. The van der Waals surface area contributed by atoms with E-state index in [0.717, 1.165) is 12.1 Å². The van der Waals surface area contributed by atoms with E-state index < -0.39 is 38.0 Å². The Balaban J connectivity index is 3.52. The summed E-state index contributed by atoms with van der Waals surface area (Å²) in [6.07, 6.45) is -4.90. The van der Waals surface area contributed by atoms with Crippen LogP contribution in [0.2, 0.25) is 0 Å². The van der Waals surface area contributed by atoms with Gasteiger partial charge in [-0.25, -0.2) is 13.1 Å². The first-order valence-corrected chi connectivity index (χ1v) is 8.73. The highest BCUT2D eigenvalue weighted by Crippen LogP contribution is 2.35. The first-order chi connectivity index (χ1) is 9.78. The molecular weight excluding hydrogens is 387 g/mol. The van der Waals surface area contributed by atoms with Crippen LogP contribution in [0.3, 0.4) is 0 Å². The Morgan fingerprint density at radius 2 is 1.77 bits per heavy atom. The van der Waals surface area contributed by atoms with Crippen LogP contribution in [0.1, 0.15) is 36.7 Å². The molecule has 22 heavy (non-hydrogen) atoms. The normalized spacial score (nSPS) is 13.2. The molecule has 0 heterocycles. The van der Waals surface area contributed by atoms with Crippen LogP contribution in [-0.2, 0) is 16.2 Å². The van der Waals surface area contributed by atoms with Crippen molar-refractivity contribution < 1.29 is 26.4 Å². The average Bonchev–Trinajstić information content (AvgIpc) is 2.33. The number of carbonyl (C=O) groups excluding carboxylic acids is 1. The molecule has 0 aromatic heterocycles. The zero-order valence-electron chi connectivity index (χ0n) is 12.1. The number of halogens is 4. The number of ketones is 1. The van der Waals surface area contributed by atoms with Gasteiger partial charge in [-0.15, -0.1) is 0 Å². The van der Waals surface area contributed by atoms with Crippen molar-refractivity contribution in [2.75, 3.05) is 5.33 Å². The largest absolute Gasteiger partial charge is 0.417 e. The highest BCUT2D eigenvalue weighted by Gasteiger charge is 2.38. The number of carbonyl (C=O) groups is 1. The number of alkyl halides is 4. The van der Waals surface area contributed by atoms with Gasteiger partial charge in [-0.2, -0.15) is 13.2 Å². The molecule has 0 spiro atoms. The van der Waals surface area contributed by atoms with Crippen LogP contribution >= 0.6 is 15.9 Å². The van der Waals surface area contributed by atoms with Gasteiger partial charge >= 0.3 is 6.18 Å². The van der Waals surface area contributed by atoms with Gasteiger partial charge in [0.15, 0.2) is 5.78 Å². The maximum atomic E-state index is 13.1. The Morgan fingerprint density at radius 3 is 2.18 bits per heavy atom. The first kappa shape index (κ1) is 19.1. The lowest BCUT2D eigenvalue weighted by molar-refractivity contribution is -0.139. The number of Topliss-reactive ketones (excluding diaryl/α,β-unsaturated/α-hetero) is 1. The fourth-order valence-corrected chi connectivity index (χ4v) is 3.65. The van der Waals surface area contributed by atoms with E-state index >= 15 is 0 Å². The lowest BCUT2D eigenvalue weighted by Gasteiger charge is -2.22. The van der Waals surface area contributed by atoms with Crippen molar-refractivity contribution in [3.63, 3.8) is 0 Å². The molecule has 1 aromatic carbocycles. The number of sulfonamides is 1. The fraction of sp³-hybridized carbons (Fsp3) is 0.462. The second kappa shape index (κ2) is 6.29. The molecule has 0 radical (unpaired) electrons. The molecule has 0 unspecified atom stereocenters. The van der Waals surface area contributed by atoms with Crippen molar-refractivity contribution in [3.8, 4) is 0 Å². The molecule has 1 rings (SSSR count). The fourth-order valence-electron chi connectivity index (χ4n) is 1.69. The Hall–Kier alpha value is -0.930. The van der Waals surface area contributed by atoms with Gasteiger partial charge in [0.25, 0.3) is 0 Å². The number of nitrogens with one attached hydrogen (secondary N) is 1. The van der Waals surface area contributed by atoms with Gasteiger partial charge in [0.1, 0.15) is 0 Å². The molecule has 0 aliphatic heterocycles. The number of rotatable bonds is 4. The van der Waals surface area contributed by atoms with Crippen molar-refractivity contribution in [1.82, 2.24) is 4.72 Å². The maximum Gasteiger partial charge on any atom is 0.417 e. The van der Waals surface area contributed by atoms with E-state index in [9.17, 15) is 26.4 Å². The lowest BCUT2D eigenvalue weighted by atomic mass is 10.1. The van der Waals surface area contributed by atoms with Crippen LogP contribution in [0.15, 0.2) is 23.1 Å². The Labute approximate surface area is 135 Å². The number of hydrogen-bond acceptors (Lipinski definition) is 3. The van der Waals surface area contributed by atoms with Crippen LogP contribution < -0.4 is 4.72 Å². The summed E-state index contributed by atoms with van der Waals surface area (Å²) in [5, 5.41) is -0.156. The van der Waals surface area contributed by atoms with Gasteiger partial charge < -0.3 is 0 Å². The summed E-state index contributed by atoms with van der Waals surface area (Å²) in [5.74, 6) is -0.571. The molecule has 0 saturated carbocycles. The minimum Gasteiger partial charge on any atom is -0.293 e. The van der Waals surface area contributed by atoms with Crippen LogP contribution in [0.4, 0.5) is 13.2 Å². The van der Waals surface area contributed by atoms with Crippen LogP contribution in [0.25, 0.3) is 0 Å². The minimum absolute atomic E-state index is 0.156.